The lowest BCUT2D eigenvalue weighted by molar-refractivity contribution is 0.0606. The van der Waals surface area contributed by atoms with Crippen LogP contribution in [-0.2, 0) is 24.9 Å². The van der Waals surface area contributed by atoms with E-state index < -0.39 is 12.2 Å². The molecular formula is C36H41FN8O4. The Morgan fingerprint density at radius 2 is 1.84 bits per heavy atom. The summed E-state index contributed by atoms with van der Waals surface area (Å²) in [6.07, 6.45) is 4.95. The third-order valence-corrected chi connectivity index (χ3v) is 10.2. The molecule has 2 N–H and O–H groups in total. The molecule has 2 saturated heterocycles. The number of aryl methyl sites for hydroxylation is 1. The van der Waals surface area contributed by atoms with Crippen LogP contribution in [0.2, 0.25) is 0 Å². The summed E-state index contributed by atoms with van der Waals surface area (Å²) < 4.78 is 31.7. The fourth-order valence-corrected chi connectivity index (χ4v) is 7.59. The monoisotopic (exact) mass is 668 g/mol. The van der Waals surface area contributed by atoms with Crippen molar-refractivity contribution in [1.29, 1.82) is 0 Å². The van der Waals surface area contributed by atoms with Crippen LogP contribution in [0.15, 0.2) is 48.8 Å². The van der Waals surface area contributed by atoms with Crippen molar-refractivity contribution >= 4 is 33.9 Å². The molecule has 2 amide bonds. The van der Waals surface area contributed by atoms with Crippen LogP contribution < -0.4 is 10.5 Å². The van der Waals surface area contributed by atoms with E-state index in [4.69, 9.17) is 20.2 Å². The van der Waals surface area contributed by atoms with Crippen LogP contribution in [0, 0.1) is 5.92 Å². The number of ether oxygens (including phenoxy) is 2. The number of rotatable bonds is 8. The standard InChI is InChI=1S/C36H41FN8O4/c1-41-14-22(13-39-41)16-45-33-29(9-24(11-31(33)48-2)35(46)42-19-26(37)12-27(38)20-42)40-34(45)30-10-23-5-4-6-28(25-17-43(18-25)36(47)49-3)32(23)44(30)15-21-7-8-21/h4-6,9-11,13-14,21,25-27H,7-8,12,15-20,38H2,1-3H3/t26-,27-/m1/s1. The Bertz CT molecular complexity index is 2060. The third-order valence-electron chi connectivity index (χ3n) is 10.2. The van der Waals surface area contributed by atoms with E-state index in [0.29, 0.717) is 48.9 Å². The van der Waals surface area contributed by atoms with Gasteiger partial charge < -0.3 is 34.1 Å². The molecule has 2 aliphatic heterocycles. The molecule has 12 nitrogen and oxygen atoms in total. The number of benzene rings is 2. The smallest absolute Gasteiger partial charge is 0.409 e. The fourth-order valence-electron chi connectivity index (χ4n) is 7.59. The van der Waals surface area contributed by atoms with Crippen molar-refractivity contribution in [2.45, 2.75) is 50.5 Å². The van der Waals surface area contributed by atoms with E-state index in [1.807, 2.05) is 19.4 Å². The number of fused-ring (bicyclic) bond motifs is 2. The number of aromatic nitrogens is 5. The molecule has 8 rings (SSSR count). The molecule has 3 aromatic heterocycles. The van der Waals surface area contributed by atoms with Crippen molar-refractivity contribution in [3.05, 3.63) is 65.5 Å². The molecule has 1 aliphatic carbocycles. The minimum Gasteiger partial charge on any atom is -0.494 e. The molecule has 3 fully saturated rings. The number of halogens is 1. The normalized spacial score (nSPS) is 19.9. The van der Waals surface area contributed by atoms with Crippen molar-refractivity contribution in [2.75, 3.05) is 40.4 Å². The number of carbonyl (C=O) groups is 2. The van der Waals surface area contributed by atoms with Crippen molar-refractivity contribution in [3.8, 4) is 17.3 Å². The van der Waals surface area contributed by atoms with Crippen LogP contribution in [0.1, 0.15) is 46.7 Å². The van der Waals surface area contributed by atoms with Crippen molar-refractivity contribution in [2.24, 2.45) is 18.7 Å². The molecule has 5 heterocycles. The lowest BCUT2D eigenvalue weighted by Crippen LogP contribution is -2.50. The second kappa shape index (κ2) is 12.2. The number of hydrogen-bond donors (Lipinski definition) is 1. The van der Waals surface area contributed by atoms with E-state index >= 15 is 0 Å². The zero-order valence-corrected chi connectivity index (χ0v) is 28.0. The average Bonchev–Trinajstić information content (AvgIpc) is 3.51. The Labute approximate surface area is 283 Å². The quantitative estimate of drug-likeness (QED) is 0.258. The van der Waals surface area contributed by atoms with Crippen LogP contribution in [-0.4, -0.2) is 98.3 Å². The molecule has 2 atom stereocenters. The Hall–Kier alpha value is -4.91. The summed E-state index contributed by atoms with van der Waals surface area (Å²) in [6.45, 7) is 2.84. The first kappa shape index (κ1) is 31.4. The van der Waals surface area contributed by atoms with Crippen molar-refractivity contribution in [1.82, 2.24) is 33.7 Å². The van der Waals surface area contributed by atoms with E-state index in [1.54, 1.807) is 28.8 Å². The van der Waals surface area contributed by atoms with E-state index in [-0.39, 0.29) is 30.9 Å². The maximum Gasteiger partial charge on any atom is 0.409 e. The summed E-state index contributed by atoms with van der Waals surface area (Å²) in [6, 6.07) is 11.7. The second-order valence-electron chi connectivity index (χ2n) is 13.8. The van der Waals surface area contributed by atoms with Crippen molar-refractivity contribution in [3.63, 3.8) is 0 Å². The number of nitrogens with zero attached hydrogens (tertiary/aromatic N) is 7. The Kier molecular flexibility index (Phi) is 7.81. The zero-order valence-electron chi connectivity index (χ0n) is 28.0. The van der Waals surface area contributed by atoms with Crippen LogP contribution in [0.5, 0.6) is 5.75 Å². The first-order valence-electron chi connectivity index (χ1n) is 16.9. The highest BCUT2D eigenvalue weighted by atomic mass is 19.1. The minimum absolute atomic E-state index is 0.00950. The first-order chi connectivity index (χ1) is 23.7. The predicted octanol–water partition coefficient (Wildman–Crippen LogP) is 4.54. The highest BCUT2D eigenvalue weighted by Gasteiger charge is 2.36. The van der Waals surface area contributed by atoms with E-state index in [1.165, 1.54) is 30.4 Å². The summed E-state index contributed by atoms with van der Waals surface area (Å²) >= 11 is 0. The van der Waals surface area contributed by atoms with E-state index in [0.717, 1.165) is 40.0 Å². The van der Waals surface area contributed by atoms with Crippen LogP contribution in [0.4, 0.5) is 9.18 Å². The van der Waals surface area contributed by atoms with Crippen LogP contribution >= 0.6 is 0 Å². The van der Waals surface area contributed by atoms with Gasteiger partial charge in [0.2, 0.25) is 0 Å². The van der Waals surface area contributed by atoms with Gasteiger partial charge in [0.25, 0.3) is 5.91 Å². The lowest BCUT2D eigenvalue weighted by atomic mass is 9.90. The fraction of sp³-hybridized carbons (Fsp3) is 0.444. The SMILES string of the molecule is COC(=O)N1CC(c2cccc3cc(-c4nc5cc(C(=O)N6C[C@H](N)C[C@@H](F)C6)cc(OC)c5n4Cc4cnn(C)c4)n(CC4CC4)c23)C1. The van der Waals surface area contributed by atoms with E-state index in [2.05, 4.69) is 38.5 Å². The number of methoxy groups -OCH3 is 2. The van der Waals surface area contributed by atoms with Crippen LogP contribution in [0.3, 0.4) is 0 Å². The number of likely N-dealkylation sites (tertiary alicyclic amines) is 2. The number of piperidine rings is 1. The van der Waals surface area contributed by atoms with Gasteiger partial charge in [-0.05, 0) is 48.9 Å². The first-order valence-corrected chi connectivity index (χ1v) is 16.9. The second-order valence-corrected chi connectivity index (χ2v) is 13.8. The lowest BCUT2D eigenvalue weighted by Gasteiger charge is -2.38. The van der Waals surface area contributed by atoms with Gasteiger partial charge in [-0.1, -0.05) is 18.2 Å². The highest BCUT2D eigenvalue weighted by molar-refractivity contribution is 6.00. The largest absolute Gasteiger partial charge is 0.494 e. The van der Waals surface area contributed by atoms with Gasteiger partial charge in [0.1, 0.15) is 17.4 Å². The Morgan fingerprint density at radius 3 is 2.53 bits per heavy atom. The average molecular weight is 669 g/mol. The highest BCUT2D eigenvalue weighted by Crippen LogP contribution is 2.42. The minimum atomic E-state index is -1.16. The van der Waals surface area contributed by atoms with Gasteiger partial charge in [-0.25, -0.2) is 14.2 Å². The number of amides is 2. The molecule has 49 heavy (non-hydrogen) atoms. The summed E-state index contributed by atoms with van der Waals surface area (Å²) in [5, 5.41) is 5.52. The number of para-hydroxylation sites is 1. The third kappa shape index (κ3) is 5.69. The van der Waals surface area contributed by atoms with Gasteiger partial charge in [-0.2, -0.15) is 5.10 Å². The van der Waals surface area contributed by atoms with Crippen LogP contribution in [0.25, 0.3) is 33.5 Å². The summed E-state index contributed by atoms with van der Waals surface area (Å²) in [7, 11) is 4.89. The van der Waals surface area contributed by atoms with Crippen molar-refractivity contribution < 1.29 is 23.5 Å². The molecule has 0 radical (unpaired) electrons. The summed E-state index contributed by atoms with van der Waals surface area (Å²) in [5.41, 5.74) is 12.2. The summed E-state index contributed by atoms with van der Waals surface area (Å²) in [5.74, 6) is 1.72. The van der Waals surface area contributed by atoms with Gasteiger partial charge in [-0.3, -0.25) is 9.48 Å². The number of nitrogens with two attached hydrogens (primary N) is 1. The molecule has 256 valence electrons. The topological polar surface area (TPSA) is 126 Å². The zero-order chi connectivity index (χ0) is 34.0. The van der Waals surface area contributed by atoms with Gasteiger partial charge in [-0.15, -0.1) is 0 Å². The summed E-state index contributed by atoms with van der Waals surface area (Å²) in [4.78, 5) is 34.4. The van der Waals surface area contributed by atoms with Gasteiger partial charge in [0.05, 0.1) is 50.2 Å². The van der Waals surface area contributed by atoms with Gasteiger partial charge in [0, 0.05) is 67.9 Å². The molecule has 5 aromatic rings. The molecule has 0 bridgehead atoms. The molecule has 2 aromatic carbocycles. The molecular weight excluding hydrogens is 627 g/mol. The predicted molar refractivity (Wildman–Crippen MR) is 182 cm³/mol. The Balaban J connectivity index is 1.29. The molecule has 3 aliphatic rings. The van der Waals surface area contributed by atoms with E-state index in [9.17, 15) is 14.0 Å². The van der Waals surface area contributed by atoms with Gasteiger partial charge in [0.15, 0.2) is 5.82 Å². The number of imidazole rings is 1. The molecule has 13 heteroatoms. The maximum atomic E-state index is 14.5. The Morgan fingerprint density at radius 1 is 1.02 bits per heavy atom. The molecule has 0 spiro atoms. The number of alkyl halides is 1. The number of hydrogen-bond acceptors (Lipinski definition) is 7. The maximum absolute atomic E-state index is 14.5. The molecule has 1 saturated carbocycles. The molecule has 0 unspecified atom stereocenters. The number of carbonyl (C=O) groups excluding carboxylic acids is 2. The van der Waals surface area contributed by atoms with Gasteiger partial charge >= 0.3 is 6.09 Å².